The van der Waals surface area contributed by atoms with E-state index in [1.54, 1.807) is 36.4 Å². The van der Waals surface area contributed by atoms with Crippen molar-refractivity contribution >= 4 is 28.3 Å². The Morgan fingerprint density at radius 3 is 2.73 bits per heavy atom. The van der Waals surface area contributed by atoms with Crippen molar-refractivity contribution in [2.45, 2.75) is 18.1 Å². The number of allylic oxidation sites excluding steroid dienone is 1. The fraction of sp³-hybridized carbons (Fsp3) is 0.250. The molecule has 6 heteroatoms. The Labute approximate surface area is 138 Å². The summed E-state index contributed by atoms with van der Waals surface area (Å²) < 4.78 is 10.9. The lowest BCUT2D eigenvalue weighted by Crippen LogP contribution is -1.99. The molecule has 0 aromatic carbocycles. The zero-order valence-electron chi connectivity index (χ0n) is 12.0. The maximum Gasteiger partial charge on any atom is 0.185 e. The van der Waals surface area contributed by atoms with Gasteiger partial charge in [-0.15, -0.1) is 0 Å². The van der Waals surface area contributed by atoms with Gasteiger partial charge in [0.2, 0.25) is 0 Å². The molecule has 22 heavy (non-hydrogen) atoms. The Morgan fingerprint density at radius 2 is 2.09 bits per heavy atom. The Kier molecular flexibility index (Phi) is 5.10. The molecule has 2 aromatic rings. The van der Waals surface area contributed by atoms with Crippen molar-refractivity contribution in [1.29, 1.82) is 0 Å². The van der Waals surface area contributed by atoms with Crippen molar-refractivity contribution in [3.8, 4) is 0 Å². The predicted octanol–water partition coefficient (Wildman–Crippen LogP) is 4.33. The van der Waals surface area contributed by atoms with Gasteiger partial charge in [-0.2, -0.15) is 0 Å². The second kappa shape index (κ2) is 7.24. The molecule has 1 fully saturated rings. The maximum atomic E-state index is 6.18. The van der Waals surface area contributed by atoms with E-state index in [4.69, 9.17) is 21.1 Å². The van der Waals surface area contributed by atoms with Crippen LogP contribution in [0.2, 0.25) is 5.02 Å². The highest BCUT2D eigenvalue weighted by atomic mass is 35.5. The molecule has 1 aliphatic heterocycles. The summed E-state index contributed by atoms with van der Waals surface area (Å²) in [6, 6.07) is 5.72. The number of hydrogen-bond donors (Lipinski definition) is 0. The van der Waals surface area contributed by atoms with E-state index in [0.29, 0.717) is 18.2 Å². The molecule has 0 bridgehead atoms. The third kappa shape index (κ3) is 3.50. The Hall–Kier alpha value is -1.40. The first-order valence-electron chi connectivity index (χ1n) is 6.91. The predicted molar refractivity (Wildman–Crippen MR) is 87.6 cm³/mol. The molecule has 0 radical (unpaired) electrons. The van der Waals surface area contributed by atoms with Gasteiger partial charge in [0, 0.05) is 34.0 Å². The minimum absolute atomic E-state index is 0.295. The lowest BCUT2D eigenvalue weighted by Gasteiger charge is -2.11. The molecular weight excluding hydrogens is 320 g/mol. The van der Waals surface area contributed by atoms with E-state index < -0.39 is 0 Å². The van der Waals surface area contributed by atoms with Gasteiger partial charge in [0.25, 0.3) is 0 Å². The second-order valence-corrected chi connectivity index (χ2v) is 6.10. The van der Waals surface area contributed by atoms with E-state index in [9.17, 15) is 0 Å². The quantitative estimate of drug-likeness (QED) is 0.779. The molecule has 0 amide bonds. The van der Waals surface area contributed by atoms with Crippen LogP contribution in [0.5, 0.6) is 0 Å². The lowest BCUT2D eigenvalue weighted by atomic mass is 10.2. The van der Waals surface area contributed by atoms with Crippen LogP contribution < -0.4 is 0 Å². The van der Waals surface area contributed by atoms with Crippen LogP contribution in [0.25, 0.3) is 4.91 Å². The van der Waals surface area contributed by atoms with Crippen molar-refractivity contribution in [3.05, 3.63) is 59.1 Å². The fourth-order valence-electron chi connectivity index (χ4n) is 2.06. The van der Waals surface area contributed by atoms with Gasteiger partial charge in [0.05, 0.1) is 23.9 Å². The summed E-state index contributed by atoms with van der Waals surface area (Å²) in [5.41, 5.74) is 1.82. The highest BCUT2D eigenvalue weighted by Gasteiger charge is 2.18. The van der Waals surface area contributed by atoms with Gasteiger partial charge in [0.1, 0.15) is 0 Å². The van der Waals surface area contributed by atoms with Crippen LogP contribution in [-0.4, -0.2) is 23.2 Å². The molecule has 1 aliphatic rings. The van der Waals surface area contributed by atoms with Crippen molar-refractivity contribution < 1.29 is 9.47 Å². The minimum atomic E-state index is -0.295. The van der Waals surface area contributed by atoms with Crippen molar-refractivity contribution in [2.75, 3.05) is 13.2 Å². The number of rotatable bonds is 4. The standard InChI is InChI=1S/C16H15ClN2O2S/c1-2-14(22-15-10-18-6-5-12(15)17)13-4-3-11(9-19-13)16-20-7-8-21-16/h2-6,9-10,16H,7-8H2,1H3/b14-2-. The molecule has 114 valence electrons. The SMILES string of the molecule is C/C=C(\Sc1cnccc1Cl)c1ccc(C2OCCO2)cn1. The number of ether oxygens (including phenoxy) is 2. The molecule has 0 saturated carbocycles. The number of hydrogen-bond acceptors (Lipinski definition) is 5. The van der Waals surface area contributed by atoms with E-state index >= 15 is 0 Å². The van der Waals surface area contributed by atoms with Gasteiger partial charge in [-0.25, -0.2) is 0 Å². The molecule has 3 heterocycles. The van der Waals surface area contributed by atoms with Crippen molar-refractivity contribution in [3.63, 3.8) is 0 Å². The average molecular weight is 335 g/mol. The number of nitrogens with zero attached hydrogens (tertiary/aromatic N) is 2. The Morgan fingerprint density at radius 1 is 1.27 bits per heavy atom. The molecule has 0 unspecified atom stereocenters. The van der Waals surface area contributed by atoms with Gasteiger partial charge < -0.3 is 9.47 Å². The summed E-state index contributed by atoms with van der Waals surface area (Å²) in [6.07, 6.45) is 6.94. The summed E-state index contributed by atoms with van der Waals surface area (Å²) in [4.78, 5) is 10.5. The average Bonchev–Trinajstić information content (AvgIpc) is 3.09. The van der Waals surface area contributed by atoms with Crippen LogP contribution >= 0.6 is 23.4 Å². The summed E-state index contributed by atoms with van der Waals surface area (Å²) in [6.45, 7) is 3.23. The van der Waals surface area contributed by atoms with E-state index in [-0.39, 0.29) is 6.29 Å². The van der Waals surface area contributed by atoms with Gasteiger partial charge in [-0.3, -0.25) is 9.97 Å². The largest absolute Gasteiger partial charge is 0.346 e. The monoisotopic (exact) mass is 334 g/mol. The molecule has 2 aromatic heterocycles. The van der Waals surface area contributed by atoms with Gasteiger partial charge in [-0.1, -0.05) is 35.5 Å². The first-order valence-corrected chi connectivity index (χ1v) is 8.10. The first kappa shape index (κ1) is 15.5. The fourth-order valence-corrected chi connectivity index (χ4v) is 3.14. The number of halogens is 1. The van der Waals surface area contributed by atoms with E-state index in [0.717, 1.165) is 21.1 Å². The van der Waals surface area contributed by atoms with Crippen LogP contribution in [0.15, 0.2) is 47.8 Å². The van der Waals surface area contributed by atoms with Crippen LogP contribution in [0.3, 0.4) is 0 Å². The topological polar surface area (TPSA) is 44.2 Å². The lowest BCUT2D eigenvalue weighted by molar-refractivity contribution is -0.0443. The molecule has 0 N–H and O–H groups in total. The van der Waals surface area contributed by atoms with Crippen LogP contribution in [0, 0.1) is 0 Å². The summed E-state index contributed by atoms with van der Waals surface area (Å²) in [7, 11) is 0. The maximum absolute atomic E-state index is 6.18. The number of pyridine rings is 2. The molecule has 0 spiro atoms. The Bertz CT molecular complexity index is 670. The molecular formula is C16H15ClN2O2S. The molecule has 1 saturated heterocycles. The number of thioether (sulfide) groups is 1. The van der Waals surface area contributed by atoms with Crippen LogP contribution in [0.1, 0.15) is 24.5 Å². The summed E-state index contributed by atoms with van der Waals surface area (Å²) in [5.74, 6) is 0. The molecule has 3 rings (SSSR count). The summed E-state index contributed by atoms with van der Waals surface area (Å²) >= 11 is 7.73. The third-order valence-corrected chi connectivity index (χ3v) is 4.80. The highest BCUT2D eigenvalue weighted by Crippen LogP contribution is 2.37. The zero-order valence-corrected chi connectivity index (χ0v) is 13.6. The normalized spacial score (nSPS) is 16.2. The van der Waals surface area contributed by atoms with Crippen LogP contribution in [-0.2, 0) is 9.47 Å². The van der Waals surface area contributed by atoms with E-state index in [1.807, 2.05) is 25.1 Å². The van der Waals surface area contributed by atoms with Gasteiger partial charge in [0.15, 0.2) is 6.29 Å². The number of aromatic nitrogens is 2. The summed E-state index contributed by atoms with van der Waals surface area (Å²) in [5, 5.41) is 0.684. The molecule has 4 nitrogen and oxygen atoms in total. The van der Waals surface area contributed by atoms with E-state index in [2.05, 4.69) is 9.97 Å². The smallest absolute Gasteiger partial charge is 0.185 e. The second-order valence-electron chi connectivity index (χ2n) is 4.61. The molecule has 0 atom stereocenters. The molecule has 0 aliphatic carbocycles. The van der Waals surface area contributed by atoms with Crippen molar-refractivity contribution in [2.24, 2.45) is 0 Å². The van der Waals surface area contributed by atoms with Gasteiger partial charge in [-0.05, 0) is 19.1 Å². The third-order valence-electron chi connectivity index (χ3n) is 3.15. The van der Waals surface area contributed by atoms with Crippen LogP contribution in [0.4, 0.5) is 0 Å². The van der Waals surface area contributed by atoms with Crippen molar-refractivity contribution in [1.82, 2.24) is 9.97 Å². The highest BCUT2D eigenvalue weighted by molar-refractivity contribution is 8.08. The van der Waals surface area contributed by atoms with E-state index in [1.165, 1.54) is 0 Å². The minimum Gasteiger partial charge on any atom is -0.346 e. The first-order chi connectivity index (χ1) is 10.8. The Balaban J connectivity index is 1.78. The van der Waals surface area contributed by atoms with Gasteiger partial charge >= 0.3 is 0 Å². The zero-order chi connectivity index (χ0) is 15.4.